The van der Waals surface area contributed by atoms with Crippen molar-refractivity contribution in [2.45, 2.75) is 47.6 Å². The van der Waals surface area contributed by atoms with E-state index in [1.54, 1.807) is 6.07 Å². The summed E-state index contributed by atoms with van der Waals surface area (Å²) in [5.74, 6) is -0.00929. The predicted molar refractivity (Wildman–Crippen MR) is 107 cm³/mol. The fourth-order valence-electron chi connectivity index (χ4n) is 4.17. The van der Waals surface area contributed by atoms with E-state index in [0.717, 1.165) is 29.3 Å². The molecule has 2 fully saturated rings. The average Bonchev–Trinajstić information content (AvgIpc) is 3.12. The maximum atomic E-state index is 13.0. The third kappa shape index (κ3) is 3.87. The lowest BCUT2D eigenvalue weighted by atomic mass is 9.99. The molecule has 0 radical (unpaired) electrons. The Labute approximate surface area is 164 Å². The summed E-state index contributed by atoms with van der Waals surface area (Å²) in [6, 6.07) is 18.1. The largest absolute Gasteiger partial charge is 0.348 e. The molecule has 2 unspecified atom stereocenters. The molecular formula is C22H23N3OS. The van der Waals surface area contributed by atoms with E-state index in [1.165, 1.54) is 31.0 Å². The highest BCUT2D eigenvalue weighted by molar-refractivity contribution is 7.99. The van der Waals surface area contributed by atoms with Gasteiger partial charge in [0.1, 0.15) is 6.07 Å². The van der Waals surface area contributed by atoms with Gasteiger partial charge in [0, 0.05) is 28.4 Å². The summed E-state index contributed by atoms with van der Waals surface area (Å²) in [7, 11) is 0. The molecule has 0 spiro atoms. The molecule has 138 valence electrons. The summed E-state index contributed by atoms with van der Waals surface area (Å²) in [6.07, 6.45) is 4.74. The van der Waals surface area contributed by atoms with Crippen molar-refractivity contribution in [3.63, 3.8) is 0 Å². The highest BCUT2D eigenvalue weighted by atomic mass is 32.2. The Morgan fingerprint density at radius 3 is 2.67 bits per heavy atom. The van der Waals surface area contributed by atoms with Gasteiger partial charge in [-0.15, -0.1) is 0 Å². The number of carbonyl (C=O) groups is 1. The van der Waals surface area contributed by atoms with E-state index in [1.807, 2.05) is 42.5 Å². The molecule has 2 aromatic rings. The molecule has 4 rings (SSSR count). The van der Waals surface area contributed by atoms with Crippen LogP contribution in [0.15, 0.2) is 58.3 Å². The molecule has 2 aliphatic heterocycles. The predicted octanol–water partition coefficient (Wildman–Crippen LogP) is 4.07. The van der Waals surface area contributed by atoms with Gasteiger partial charge in [-0.25, -0.2) is 0 Å². The minimum atomic E-state index is -0.00929. The minimum absolute atomic E-state index is 0.00929. The summed E-state index contributed by atoms with van der Waals surface area (Å²) < 4.78 is 0. The van der Waals surface area contributed by atoms with E-state index < -0.39 is 0 Å². The van der Waals surface area contributed by atoms with Crippen LogP contribution in [0.2, 0.25) is 0 Å². The van der Waals surface area contributed by atoms with E-state index in [9.17, 15) is 10.1 Å². The molecule has 27 heavy (non-hydrogen) atoms. The number of rotatable bonds is 4. The fourth-order valence-corrected chi connectivity index (χ4v) is 5.20. The number of hydrogen-bond acceptors (Lipinski definition) is 4. The number of benzene rings is 2. The first-order valence-corrected chi connectivity index (χ1v) is 10.4. The van der Waals surface area contributed by atoms with Gasteiger partial charge in [0.2, 0.25) is 0 Å². The van der Waals surface area contributed by atoms with Crippen LogP contribution in [0.25, 0.3) is 0 Å². The number of fused-ring (bicyclic) bond motifs is 1. The van der Waals surface area contributed by atoms with Crippen LogP contribution in [0.1, 0.15) is 41.6 Å². The second-order valence-corrected chi connectivity index (χ2v) is 8.26. The van der Waals surface area contributed by atoms with Gasteiger partial charge in [-0.3, -0.25) is 9.69 Å². The van der Waals surface area contributed by atoms with Gasteiger partial charge >= 0.3 is 0 Å². The monoisotopic (exact) mass is 377 g/mol. The summed E-state index contributed by atoms with van der Waals surface area (Å²) in [5.41, 5.74) is 1.32. The Bertz CT molecular complexity index is 876. The lowest BCUT2D eigenvalue weighted by Gasteiger charge is -2.32. The molecule has 2 aliphatic rings. The van der Waals surface area contributed by atoms with Crippen LogP contribution < -0.4 is 5.32 Å². The first kappa shape index (κ1) is 18.1. The minimum Gasteiger partial charge on any atom is -0.348 e. The van der Waals surface area contributed by atoms with E-state index in [4.69, 9.17) is 0 Å². The molecule has 2 aromatic carbocycles. The highest BCUT2D eigenvalue weighted by Crippen LogP contribution is 2.33. The Morgan fingerprint density at radius 1 is 1.04 bits per heavy atom. The molecular weight excluding hydrogens is 354 g/mol. The Morgan fingerprint density at radius 2 is 1.81 bits per heavy atom. The first-order chi connectivity index (χ1) is 13.3. The number of nitrogens with one attached hydrogen (secondary N) is 1. The third-order valence-electron chi connectivity index (χ3n) is 5.53. The van der Waals surface area contributed by atoms with Gasteiger partial charge in [-0.2, -0.15) is 5.26 Å². The highest BCUT2D eigenvalue weighted by Gasteiger charge is 2.36. The topological polar surface area (TPSA) is 56.1 Å². The fraction of sp³-hybridized carbons (Fsp3) is 0.364. The number of nitrogens with zero attached hydrogens (tertiary/aromatic N) is 2. The molecule has 4 nitrogen and oxygen atoms in total. The van der Waals surface area contributed by atoms with Crippen molar-refractivity contribution in [3.8, 4) is 6.07 Å². The summed E-state index contributed by atoms with van der Waals surface area (Å²) in [6.45, 7) is 2.25. The standard InChI is InChI=1S/C22H23N3OS/c23-15-16-7-1-3-10-20(16)27-21-11-4-2-8-17(21)22(26)24-18-12-14-25-13-6-5-9-19(18)25/h1-4,7-8,10-11,18-19H,5-6,9,12-14H2,(H,24,26). The molecule has 2 atom stereocenters. The van der Waals surface area contributed by atoms with E-state index in [2.05, 4.69) is 16.3 Å². The van der Waals surface area contributed by atoms with Gasteiger partial charge in [0.15, 0.2) is 0 Å². The summed E-state index contributed by atoms with van der Waals surface area (Å²) >= 11 is 1.48. The van der Waals surface area contributed by atoms with Gasteiger partial charge in [-0.1, -0.05) is 42.4 Å². The van der Waals surface area contributed by atoms with Gasteiger partial charge < -0.3 is 5.32 Å². The second-order valence-electron chi connectivity index (χ2n) is 7.17. The maximum absolute atomic E-state index is 13.0. The van der Waals surface area contributed by atoms with Crippen LogP contribution in [-0.4, -0.2) is 36.0 Å². The van der Waals surface area contributed by atoms with Crippen molar-refractivity contribution in [2.24, 2.45) is 0 Å². The zero-order valence-electron chi connectivity index (χ0n) is 15.2. The number of nitriles is 1. The summed E-state index contributed by atoms with van der Waals surface area (Å²) in [5, 5.41) is 12.6. The lowest BCUT2D eigenvalue weighted by molar-refractivity contribution is 0.0912. The molecule has 0 aromatic heterocycles. The number of amides is 1. The maximum Gasteiger partial charge on any atom is 0.252 e. The van der Waals surface area contributed by atoms with Crippen LogP contribution in [0.3, 0.4) is 0 Å². The molecule has 1 N–H and O–H groups in total. The van der Waals surface area contributed by atoms with E-state index >= 15 is 0 Å². The van der Waals surface area contributed by atoms with Crippen molar-refractivity contribution < 1.29 is 4.79 Å². The van der Waals surface area contributed by atoms with Crippen molar-refractivity contribution in [1.29, 1.82) is 5.26 Å². The van der Waals surface area contributed by atoms with Crippen LogP contribution >= 0.6 is 11.8 Å². The third-order valence-corrected chi connectivity index (χ3v) is 6.68. The van der Waals surface area contributed by atoms with Crippen molar-refractivity contribution in [1.82, 2.24) is 10.2 Å². The molecule has 2 saturated heterocycles. The average molecular weight is 378 g/mol. The SMILES string of the molecule is N#Cc1ccccc1Sc1ccccc1C(=O)NC1CCN2CCCCC12. The molecule has 2 heterocycles. The van der Waals surface area contributed by atoms with Crippen LogP contribution in [0.5, 0.6) is 0 Å². The Hall–Kier alpha value is -2.29. The summed E-state index contributed by atoms with van der Waals surface area (Å²) in [4.78, 5) is 17.3. The van der Waals surface area contributed by atoms with Crippen LogP contribution in [0, 0.1) is 11.3 Å². The second kappa shape index (κ2) is 8.16. The number of hydrogen-bond donors (Lipinski definition) is 1. The van der Waals surface area contributed by atoms with Crippen molar-refractivity contribution >= 4 is 17.7 Å². The van der Waals surface area contributed by atoms with Crippen molar-refractivity contribution in [2.75, 3.05) is 13.1 Å². The van der Waals surface area contributed by atoms with Gasteiger partial charge in [0.25, 0.3) is 5.91 Å². The molecule has 1 amide bonds. The van der Waals surface area contributed by atoms with Crippen LogP contribution in [-0.2, 0) is 0 Å². The quantitative estimate of drug-likeness (QED) is 0.873. The van der Waals surface area contributed by atoms with Gasteiger partial charge in [0.05, 0.1) is 11.1 Å². The van der Waals surface area contributed by atoms with E-state index in [0.29, 0.717) is 17.2 Å². The van der Waals surface area contributed by atoms with Crippen LogP contribution in [0.4, 0.5) is 0 Å². The van der Waals surface area contributed by atoms with E-state index in [-0.39, 0.29) is 11.9 Å². The first-order valence-electron chi connectivity index (χ1n) is 9.57. The molecule has 0 aliphatic carbocycles. The molecule has 0 saturated carbocycles. The zero-order chi connectivity index (χ0) is 18.6. The van der Waals surface area contributed by atoms with Gasteiger partial charge in [-0.05, 0) is 50.1 Å². The number of piperidine rings is 1. The zero-order valence-corrected chi connectivity index (χ0v) is 16.0. The Kier molecular flexibility index (Phi) is 5.47. The lowest BCUT2D eigenvalue weighted by Crippen LogP contribution is -2.46. The Balaban J connectivity index is 1.52. The molecule has 5 heteroatoms. The number of carbonyl (C=O) groups excluding carboxylic acids is 1. The normalized spacial score (nSPS) is 22.0. The molecule has 0 bridgehead atoms. The van der Waals surface area contributed by atoms with Crippen molar-refractivity contribution in [3.05, 3.63) is 59.7 Å². The smallest absolute Gasteiger partial charge is 0.252 e.